The second-order valence-corrected chi connectivity index (χ2v) is 4.32. The second-order valence-electron chi connectivity index (χ2n) is 4.32. The van der Waals surface area contributed by atoms with Crippen LogP contribution in [0.15, 0.2) is 18.6 Å². The summed E-state index contributed by atoms with van der Waals surface area (Å²) in [6.07, 6.45) is 3.92. The molecule has 0 aliphatic carbocycles. The summed E-state index contributed by atoms with van der Waals surface area (Å²) in [5.74, 6) is 0.424. The Hall–Kier alpha value is -2.51. The lowest BCUT2D eigenvalue weighted by Gasteiger charge is -2.07. The van der Waals surface area contributed by atoms with E-state index in [-0.39, 0.29) is 5.69 Å². The molecule has 0 aromatic carbocycles. The van der Waals surface area contributed by atoms with E-state index < -0.39 is 4.92 Å². The summed E-state index contributed by atoms with van der Waals surface area (Å²) in [6, 6.07) is 1.76. The summed E-state index contributed by atoms with van der Waals surface area (Å²) in [4.78, 5) is 18.7. The van der Waals surface area contributed by atoms with Crippen LogP contribution in [0.4, 0.5) is 11.5 Å². The summed E-state index contributed by atoms with van der Waals surface area (Å²) >= 11 is 0. The first-order valence-corrected chi connectivity index (χ1v) is 6.34. The largest absolute Gasteiger partial charge is 0.359 e. The molecule has 0 aliphatic heterocycles. The molecule has 0 amide bonds. The average molecular weight is 276 g/mol. The first-order valence-electron chi connectivity index (χ1n) is 6.34. The molecule has 0 atom stereocenters. The van der Waals surface area contributed by atoms with Crippen LogP contribution in [-0.4, -0.2) is 24.7 Å². The molecule has 1 N–H and O–H groups in total. The van der Waals surface area contributed by atoms with Crippen molar-refractivity contribution in [1.29, 1.82) is 0 Å². The van der Waals surface area contributed by atoms with Crippen LogP contribution in [0.3, 0.4) is 0 Å². The fourth-order valence-electron chi connectivity index (χ4n) is 1.94. The van der Waals surface area contributed by atoms with Crippen LogP contribution in [0.1, 0.15) is 24.7 Å². The van der Waals surface area contributed by atoms with Gasteiger partial charge in [-0.2, -0.15) is 5.10 Å². The maximum Gasteiger partial charge on any atom is 0.333 e. The van der Waals surface area contributed by atoms with Crippen molar-refractivity contribution >= 4 is 11.5 Å². The SMILES string of the molecule is CCCn1nc(C)c([N+](=O)[O-])c1NCc1ccncn1. The zero-order chi connectivity index (χ0) is 14.5. The molecule has 2 rings (SSSR count). The lowest BCUT2D eigenvalue weighted by molar-refractivity contribution is -0.384. The fraction of sp³-hybridized carbons (Fsp3) is 0.417. The van der Waals surface area contributed by atoms with Gasteiger partial charge in [0.2, 0.25) is 5.82 Å². The topological polar surface area (TPSA) is 98.8 Å². The summed E-state index contributed by atoms with van der Waals surface area (Å²) in [6.45, 7) is 4.65. The molecule has 2 aromatic heterocycles. The van der Waals surface area contributed by atoms with Gasteiger partial charge in [-0.15, -0.1) is 0 Å². The van der Waals surface area contributed by atoms with E-state index in [9.17, 15) is 10.1 Å². The van der Waals surface area contributed by atoms with Gasteiger partial charge in [0.25, 0.3) is 0 Å². The maximum atomic E-state index is 11.2. The van der Waals surface area contributed by atoms with Gasteiger partial charge in [-0.3, -0.25) is 10.1 Å². The number of anilines is 1. The van der Waals surface area contributed by atoms with Gasteiger partial charge >= 0.3 is 5.69 Å². The number of nitro groups is 1. The van der Waals surface area contributed by atoms with E-state index in [1.54, 1.807) is 23.9 Å². The Labute approximate surface area is 116 Å². The van der Waals surface area contributed by atoms with Crippen LogP contribution in [-0.2, 0) is 13.1 Å². The number of aromatic nitrogens is 4. The number of hydrogen-bond donors (Lipinski definition) is 1. The van der Waals surface area contributed by atoms with Crippen LogP contribution < -0.4 is 5.32 Å². The van der Waals surface area contributed by atoms with Crippen LogP contribution in [0, 0.1) is 17.0 Å². The van der Waals surface area contributed by atoms with E-state index in [4.69, 9.17) is 0 Å². The molecule has 0 fully saturated rings. The second kappa shape index (κ2) is 6.09. The summed E-state index contributed by atoms with van der Waals surface area (Å²) in [7, 11) is 0. The van der Waals surface area contributed by atoms with E-state index in [0.29, 0.717) is 24.6 Å². The van der Waals surface area contributed by atoms with Gasteiger partial charge in [-0.25, -0.2) is 14.6 Å². The molecule has 2 heterocycles. The molecule has 20 heavy (non-hydrogen) atoms. The molecule has 0 saturated heterocycles. The van der Waals surface area contributed by atoms with Crippen molar-refractivity contribution in [3.8, 4) is 0 Å². The van der Waals surface area contributed by atoms with E-state index in [1.165, 1.54) is 6.33 Å². The highest BCUT2D eigenvalue weighted by Gasteiger charge is 2.24. The summed E-state index contributed by atoms with van der Waals surface area (Å²) in [5.41, 5.74) is 1.19. The van der Waals surface area contributed by atoms with E-state index in [0.717, 1.165) is 12.1 Å². The molecule has 0 unspecified atom stereocenters. The van der Waals surface area contributed by atoms with Crippen LogP contribution in [0.5, 0.6) is 0 Å². The molecule has 0 bridgehead atoms. The van der Waals surface area contributed by atoms with E-state index in [2.05, 4.69) is 20.4 Å². The van der Waals surface area contributed by atoms with Crippen LogP contribution in [0.2, 0.25) is 0 Å². The molecule has 0 radical (unpaired) electrons. The summed E-state index contributed by atoms with van der Waals surface area (Å²) < 4.78 is 1.63. The molecular formula is C12H16N6O2. The number of nitrogens with zero attached hydrogens (tertiary/aromatic N) is 5. The van der Waals surface area contributed by atoms with Gasteiger partial charge in [0.1, 0.15) is 12.0 Å². The Morgan fingerprint density at radius 2 is 2.30 bits per heavy atom. The molecule has 106 valence electrons. The van der Waals surface area contributed by atoms with Crippen molar-refractivity contribution in [2.24, 2.45) is 0 Å². The Bertz CT molecular complexity index is 595. The lowest BCUT2D eigenvalue weighted by Crippen LogP contribution is -2.10. The molecule has 0 saturated carbocycles. The molecule has 8 nitrogen and oxygen atoms in total. The monoisotopic (exact) mass is 276 g/mol. The highest BCUT2D eigenvalue weighted by atomic mass is 16.6. The van der Waals surface area contributed by atoms with Gasteiger partial charge in [-0.05, 0) is 19.4 Å². The van der Waals surface area contributed by atoms with Gasteiger partial charge < -0.3 is 5.32 Å². The molecular weight excluding hydrogens is 260 g/mol. The molecule has 2 aromatic rings. The van der Waals surface area contributed by atoms with Crippen molar-refractivity contribution < 1.29 is 4.92 Å². The maximum absolute atomic E-state index is 11.2. The van der Waals surface area contributed by atoms with Crippen molar-refractivity contribution in [3.63, 3.8) is 0 Å². The minimum atomic E-state index is -0.406. The molecule has 8 heteroatoms. The minimum Gasteiger partial charge on any atom is -0.359 e. The third-order valence-electron chi connectivity index (χ3n) is 2.79. The standard InChI is InChI=1S/C12H16N6O2/c1-3-6-17-12(11(18(19)20)9(2)16-17)14-7-10-4-5-13-8-15-10/h4-5,8,14H,3,6-7H2,1-2H3. The highest BCUT2D eigenvalue weighted by Crippen LogP contribution is 2.28. The lowest BCUT2D eigenvalue weighted by atomic mass is 10.3. The van der Waals surface area contributed by atoms with Crippen molar-refractivity contribution in [3.05, 3.63) is 40.1 Å². The number of rotatable bonds is 6. The zero-order valence-electron chi connectivity index (χ0n) is 11.4. The molecule has 0 spiro atoms. The van der Waals surface area contributed by atoms with Crippen molar-refractivity contribution in [1.82, 2.24) is 19.7 Å². The van der Waals surface area contributed by atoms with Crippen LogP contribution in [0.25, 0.3) is 0 Å². The Morgan fingerprint density at radius 3 is 2.90 bits per heavy atom. The van der Waals surface area contributed by atoms with Gasteiger partial charge in [0.15, 0.2) is 0 Å². The quantitative estimate of drug-likeness (QED) is 0.639. The fourth-order valence-corrected chi connectivity index (χ4v) is 1.94. The predicted octanol–water partition coefficient (Wildman–Crippen LogP) is 1.91. The third-order valence-corrected chi connectivity index (χ3v) is 2.79. The predicted molar refractivity (Wildman–Crippen MR) is 73.3 cm³/mol. The zero-order valence-corrected chi connectivity index (χ0v) is 11.4. The third kappa shape index (κ3) is 2.90. The Morgan fingerprint density at radius 1 is 1.50 bits per heavy atom. The van der Waals surface area contributed by atoms with Gasteiger partial charge in [-0.1, -0.05) is 6.92 Å². The minimum absolute atomic E-state index is 0.0208. The first-order chi connectivity index (χ1) is 9.63. The first kappa shape index (κ1) is 13.9. The molecule has 0 aliphatic rings. The van der Waals surface area contributed by atoms with Gasteiger partial charge in [0, 0.05) is 12.7 Å². The number of hydrogen-bond acceptors (Lipinski definition) is 6. The van der Waals surface area contributed by atoms with Crippen molar-refractivity contribution in [2.45, 2.75) is 33.4 Å². The van der Waals surface area contributed by atoms with E-state index in [1.807, 2.05) is 6.92 Å². The number of nitrogens with one attached hydrogen (secondary N) is 1. The average Bonchev–Trinajstić information content (AvgIpc) is 2.74. The smallest absolute Gasteiger partial charge is 0.333 e. The Kier molecular flexibility index (Phi) is 4.24. The van der Waals surface area contributed by atoms with Crippen LogP contribution >= 0.6 is 0 Å². The highest BCUT2D eigenvalue weighted by molar-refractivity contribution is 5.59. The van der Waals surface area contributed by atoms with Gasteiger partial charge in [0.05, 0.1) is 17.2 Å². The number of aryl methyl sites for hydroxylation is 2. The van der Waals surface area contributed by atoms with E-state index >= 15 is 0 Å². The normalized spacial score (nSPS) is 10.5. The van der Waals surface area contributed by atoms with Crippen molar-refractivity contribution in [2.75, 3.05) is 5.32 Å². The summed E-state index contributed by atoms with van der Waals surface area (Å²) in [5, 5.41) is 18.4. The Balaban J connectivity index is 2.26.